The lowest BCUT2D eigenvalue weighted by atomic mass is 10.1. The van der Waals surface area contributed by atoms with E-state index in [0.717, 1.165) is 11.3 Å². The van der Waals surface area contributed by atoms with Crippen LogP contribution in [0.15, 0.2) is 42.5 Å². The van der Waals surface area contributed by atoms with Crippen LogP contribution in [0.1, 0.15) is 15.9 Å². The summed E-state index contributed by atoms with van der Waals surface area (Å²) in [4.78, 5) is 14.2. The van der Waals surface area contributed by atoms with Crippen LogP contribution in [0.5, 0.6) is 11.5 Å². The van der Waals surface area contributed by atoms with E-state index in [9.17, 15) is 4.79 Å². The molecule has 2 aromatic rings. The minimum absolute atomic E-state index is 0.0657. The van der Waals surface area contributed by atoms with Crippen molar-refractivity contribution in [3.63, 3.8) is 0 Å². The maximum Gasteiger partial charge on any atom is 0.231 e. The number of ketones is 1. The first-order valence-electron chi connectivity index (χ1n) is 7.13. The van der Waals surface area contributed by atoms with E-state index < -0.39 is 0 Å². The Hall–Kier alpha value is -2.46. The maximum absolute atomic E-state index is 12.2. The van der Waals surface area contributed by atoms with Crippen molar-refractivity contribution in [3.05, 3.63) is 58.6 Å². The number of benzene rings is 2. The molecule has 0 unspecified atom stereocenters. The van der Waals surface area contributed by atoms with Gasteiger partial charge in [0.1, 0.15) is 0 Å². The smallest absolute Gasteiger partial charge is 0.231 e. The van der Waals surface area contributed by atoms with Crippen molar-refractivity contribution in [2.45, 2.75) is 0 Å². The van der Waals surface area contributed by atoms with E-state index in [1.54, 1.807) is 18.2 Å². The highest BCUT2D eigenvalue weighted by Crippen LogP contribution is 2.40. The van der Waals surface area contributed by atoms with Gasteiger partial charge in [0.2, 0.25) is 6.79 Å². The van der Waals surface area contributed by atoms with Gasteiger partial charge in [-0.3, -0.25) is 4.79 Å². The summed E-state index contributed by atoms with van der Waals surface area (Å²) in [5, 5.41) is 0.474. The lowest BCUT2D eigenvalue weighted by Gasteiger charge is -2.11. The van der Waals surface area contributed by atoms with Crippen LogP contribution in [0.3, 0.4) is 0 Å². The molecule has 5 heteroatoms. The molecule has 0 aromatic heterocycles. The van der Waals surface area contributed by atoms with Crippen LogP contribution >= 0.6 is 11.6 Å². The first-order valence-corrected chi connectivity index (χ1v) is 7.51. The highest BCUT2D eigenvalue weighted by Gasteiger charge is 2.17. The number of allylic oxidation sites excluding steroid dienone is 1. The number of ether oxygens (including phenoxy) is 2. The first-order chi connectivity index (χ1) is 11.0. The van der Waals surface area contributed by atoms with Gasteiger partial charge in [0.25, 0.3) is 0 Å². The van der Waals surface area contributed by atoms with Gasteiger partial charge >= 0.3 is 0 Å². The lowest BCUT2D eigenvalue weighted by Crippen LogP contribution is -2.08. The molecule has 118 valence electrons. The van der Waals surface area contributed by atoms with Crippen molar-refractivity contribution in [2.24, 2.45) is 0 Å². The fourth-order valence-corrected chi connectivity index (χ4v) is 2.55. The van der Waals surface area contributed by atoms with Crippen molar-refractivity contribution in [3.8, 4) is 11.5 Å². The number of hydrogen-bond acceptors (Lipinski definition) is 4. The number of hydrogen-bond donors (Lipinski definition) is 0. The molecule has 0 saturated heterocycles. The molecule has 1 aliphatic heterocycles. The molecule has 1 heterocycles. The molecule has 0 amide bonds. The Morgan fingerprint density at radius 1 is 1.17 bits per heavy atom. The fourth-order valence-electron chi connectivity index (χ4n) is 2.28. The Kier molecular flexibility index (Phi) is 4.26. The Bertz CT molecular complexity index is 767. The van der Waals surface area contributed by atoms with Crippen molar-refractivity contribution in [1.29, 1.82) is 0 Å². The maximum atomic E-state index is 12.2. The second-order valence-corrected chi connectivity index (χ2v) is 5.78. The van der Waals surface area contributed by atoms with Crippen molar-refractivity contribution >= 4 is 29.1 Å². The molecule has 0 spiro atoms. The SMILES string of the molecule is CN(C)c1ccc(C(=O)C=Cc2cc(Cl)c3c(c2)OCO3)cc1. The summed E-state index contributed by atoms with van der Waals surface area (Å²) >= 11 is 6.13. The van der Waals surface area contributed by atoms with Crippen molar-refractivity contribution < 1.29 is 14.3 Å². The van der Waals surface area contributed by atoms with Gasteiger partial charge in [0, 0.05) is 25.3 Å². The number of fused-ring (bicyclic) bond motifs is 1. The van der Waals surface area contributed by atoms with E-state index in [1.165, 1.54) is 6.08 Å². The van der Waals surface area contributed by atoms with Gasteiger partial charge in [0.15, 0.2) is 17.3 Å². The van der Waals surface area contributed by atoms with Crippen LogP contribution in [0.4, 0.5) is 5.69 Å². The summed E-state index contributed by atoms with van der Waals surface area (Å²) < 4.78 is 10.6. The van der Waals surface area contributed by atoms with E-state index in [0.29, 0.717) is 22.1 Å². The highest BCUT2D eigenvalue weighted by molar-refractivity contribution is 6.32. The Balaban J connectivity index is 1.77. The molecule has 0 saturated carbocycles. The van der Waals surface area contributed by atoms with Gasteiger partial charge in [-0.2, -0.15) is 0 Å². The van der Waals surface area contributed by atoms with Crippen LogP contribution in [0.2, 0.25) is 5.02 Å². The van der Waals surface area contributed by atoms with Crippen molar-refractivity contribution in [2.75, 3.05) is 25.8 Å². The van der Waals surface area contributed by atoms with Gasteiger partial charge in [-0.1, -0.05) is 17.7 Å². The molecule has 4 nitrogen and oxygen atoms in total. The van der Waals surface area contributed by atoms with E-state index in [4.69, 9.17) is 21.1 Å². The molecule has 0 atom stereocenters. The largest absolute Gasteiger partial charge is 0.454 e. The summed E-state index contributed by atoms with van der Waals surface area (Å²) in [6.45, 7) is 0.166. The second kappa shape index (κ2) is 6.34. The van der Waals surface area contributed by atoms with Crippen LogP contribution in [0.25, 0.3) is 6.08 Å². The fraction of sp³-hybridized carbons (Fsp3) is 0.167. The molecule has 0 bridgehead atoms. The molecule has 2 aromatic carbocycles. The first kappa shape index (κ1) is 15.4. The van der Waals surface area contributed by atoms with Crippen LogP contribution in [0, 0.1) is 0 Å². The van der Waals surface area contributed by atoms with Crippen LogP contribution in [-0.2, 0) is 0 Å². The van der Waals surface area contributed by atoms with E-state index in [1.807, 2.05) is 43.3 Å². The van der Waals surface area contributed by atoms with E-state index in [2.05, 4.69) is 0 Å². The van der Waals surface area contributed by atoms with Crippen molar-refractivity contribution in [1.82, 2.24) is 0 Å². The van der Waals surface area contributed by atoms with Crippen LogP contribution in [-0.4, -0.2) is 26.7 Å². The molecule has 23 heavy (non-hydrogen) atoms. The monoisotopic (exact) mass is 329 g/mol. The quantitative estimate of drug-likeness (QED) is 0.627. The molecule has 1 aliphatic rings. The number of carbonyl (C=O) groups excluding carboxylic acids is 1. The van der Waals surface area contributed by atoms with Gasteiger partial charge in [-0.15, -0.1) is 0 Å². The average Bonchev–Trinajstić information content (AvgIpc) is 3.02. The van der Waals surface area contributed by atoms with Gasteiger partial charge in [0.05, 0.1) is 5.02 Å². The van der Waals surface area contributed by atoms with Gasteiger partial charge in [-0.05, 0) is 48.0 Å². The second-order valence-electron chi connectivity index (χ2n) is 5.38. The van der Waals surface area contributed by atoms with E-state index >= 15 is 0 Å². The van der Waals surface area contributed by atoms with Gasteiger partial charge in [-0.25, -0.2) is 0 Å². The molecular formula is C18H16ClNO3. The lowest BCUT2D eigenvalue weighted by molar-refractivity contribution is 0.104. The predicted molar refractivity (Wildman–Crippen MR) is 91.7 cm³/mol. The van der Waals surface area contributed by atoms with Gasteiger partial charge < -0.3 is 14.4 Å². The topological polar surface area (TPSA) is 38.8 Å². The Morgan fingerprint density at radius 3 is 2.61 bits per heavy atom. The summed E-state index contributed by atoms with van der Waals surface area (Å²) in [5.41, 5.74) is 2.48. The number of anilines is 1. The molecule has 0 aliphatic carbocycles. The predicted octanol–water partition coefficient (Wildman–Crippen LogP) is 4.03. The third-order valence-corrected chi connectivity index (χ3v) is 3.83. The summed E-state index contributed by atoms with van der Waals surface area (Å²) in [6.07, 6.45) is 3.24. The molecular weight excluding hydrogens is 314 g/mol. The average molecular weight is 330 g/mol. The van der Waals surface area contributed by atoms with E-state index in [-0.39, 0.29) is 12.6 Å². The standard InChI is InChI=1S/C18H16ClNO3/c1-20(2)14-6-4-13(5-7-14)16(21)8-3-12-9-15(19)18-17(10-12)22-11-23-18/h3-10H,11H2,1-2H3. The molecule has 3 rings (SSSR count). The summed E-state index contributed by atoms with van der Waals surface area (Å²) in [6, 6.07) is 11.0. The third kappa shape index (κ3) is 3.32. The summed E-state index contributed by atoms with van der Waals surface area (Å²) in [7, 11) is 3.92. The Labute approximate surface area is 139 Å². The minimum atomic E-state index is -0.0657. The number of nitrogens with zero attached hydrogens (tertiary/aromatic N) is 1. The minimum Gasteiger partial charge on any atom is -0.454 e. The molecule has 0 fully saturated rings. The summed E-state index contributed by atoms with van der Waals surface area (Å²) in [5.74, 6) is 1.08. The molecule has 0 N–H and O–H groups in total. The number of carbonyl (C=O) groups is 1. The van der Waals surface area contributed by atoms with Crippen LogP contribution < -0.4 is 14.4 Å². The third-order valence-electron chi connectivity index (χ3n) is 3.54. The number of rotatable bonds is 4. The Morgan fingerprint density at radius 2 is 1.91 bits per heavy atom. The zero-order valence-corrected chi connectivity index (χ0v) is 13.6. The number of halogens is 1. The molecule has 0 radical (unpaired) electrons. The zero-order valence-electron chi connectivity index (χ0n) is 12.9. The highest BCUT2D eigenvalue weighted by atomic mass is 35.5. The zero-order chi connectivity index (χ0) is 16.4. The normalized spacial score (nSPS) is 12.7.